The van der Waals surface area contributed by atoms with Gasteiger partial charge in [-0.25, -0.2) is 0 Å². The smallest absolute Gasteiger partial charge is 0.471 e. The summed E-state index contributed by atoms with van der Waals surface area (Å²) in [4.78, 5) is 11.0. The van der Waals surface area contributed by atoms with Crippen molar-refractivity contribution in [3.05, 3.63) is 94.0 Å². The summed E-state index contributed by atoms with van der Waals surface area (Å²) >= 11 is 3.55. The highest BCUT2D eigenvalue weighted by Gasteiger charge is 2.38. The van der Waals surface area contributed by atoms with Gasteiger partial charge in [-0.15, -0.1) is 0 Å². The Kier molecular flexibility index (Phi) is 7.15. The summed E-state index contributed by atoms with van der Waals surface area (Å²) in [5.74, 6) is -1.21. The van der Waals surface area contributed by atoms with Gasteiger partial charge in [0.15, 0.2) is 0 Å². The number of benzene rings is 3. The van der Waals surface area contributed by atoms with Gasteiger partial charge in [0, 0.05) is 10.2 Å². The minimum absolute atomic E-state index is 0.110. The summed E-state index contributed by atoms with van der Waals surface area (Å²) in [6, 6.07) is 22.0. The fourth-order valence-corrected chi connectivity index (χ4v) is 3.25. The molecule has 156 valence electrons. The van der Waals surface area contributed by atoms with E-state index in [0.29, 0.717) is 13.0 Å². The average Bonchev–Trinajstić information content (AvgIpc) is 2.73. The molecule has 0 aromatic heterocycles. The number of aryl methyl sites for hydroxylation is 2. The van der Waals surface area contributed by atoms with Crippen LogP contribution in [0.2, 0.25) is 0 Å². The quantitative estimate of drug-likeness (QED) is 0.432. The van der Waals surface area contributed by atoms with Crippen LogP contribution in [0.4, 0.5) is 18.9 Å². The van der Waals surface area contributed by atoms with Gasteiger partial charge in [-0.05, 0) is 59.9 Å². The van der Waals surface area contributed by atoms with Crippen LogP contribution in [0.15, 0.2) is 77.3 Å². The van der Waals surface area contributed by atoms with Crippen LogP contribution in [0.5, 0.6) is 5.75 Å². The maximum absolute atomic E-state index is 12.3. The molecule has 0 unspecified atom stereocenters. The number of hydrogen-bond acceptors (Lipinski definition) is 2. The number of hydrogen-bond donors (Lipinski definition) is 1. The minimum atomic E-state index is -4.90. The van der Waals surface area contributed by atoms with Gasteiger partial charge in [0.25, 0.3) is 0 Å². The van der Waals surface area contributed by atoms with E-state index in [4.69, 9.17) is 4.74 Å². The lowest BCUT2D eigenvalue weighted by Gasteiger charge is -2.11. The van der Waals surface area contributed by atoms with Gasteiger partial charge in [0.05, 0.1) is 0 Å². The Bertz CT molecular complexity index is 990. The van der Waals surface area contributed by atoms with E-state index in [9.17, 15) is 18.0 Å². The second-order valence-corrected chi connectivity index (χ2v) is 7.53. The maximum Gasteiger partial charge on any atom is 0.471 e. The number of amides is 1. The highest BCUT2D eigenvalue weighted by Crippen LogP contribution is 2.25. The van der Waals surface area contributed by atoms with Gasteiger partial charge in [0.2, 0.25) is 0 Å². The van der Waals surface area contributed by atoms with Crippen LogP contribution >= 0.6 is 15.9 Å². The van der Waals surface area contributed by atoms with E-state index >= 15 is 0 Å². The van der Waals surface area contributed by atoms with Crippen molar-refractivity contribution in [3.63, 3.8) is 0 Å². The molecule has 0 bridgehead atoms. The number of alkyl halides is 3. The molecule has 0 heterocycles. The van der Waals surface area contributed by atoms with Crippen molar-refractivity contribution in [1.82, 2.24) is 0 Å². The van der Waals surface area contributed by atoms with Crippen molar-refractivity contribution in [2.24, 2.45) is 0 Å². The SMILES string of the molecule is O=C(Nc1ccc(CCc2cc(OCc3ccccc3)ccc2Br)cc1)C(F)(F)F. The molecule has 0 aliphatic heterocycles. The zero-order valence-electron chi connectivity index (χ0n) is 15.9. The van der Waals surface area contributed by atoms with E-state index in [1.807, 2.05) is 53.8 Å². The molecule has 3 aromatic carbocycles. The second kappa shape index (κ2) is 9.80. The van der Waals surface area contributed by atoms with E-state index in [0.717, 1.165) is 33.3 Å². The molecule has 0 spiro atoms. The largest absolute Gasteiger partial charge is 0.489 e. The minimum Gasteiger partial charge on any atom is -0.489 e. The lowest BCUT2D eigenvalue weighted by atomic mass is 10.0. The molecule has 3 rings (SSSR count). The molecule has 30 heavy (non-hydrogen) atoms. The molecule has 7 heteroatoms. The molecule has 3 aromatic rings. The third kappa shape index (κ3) is 6.35. The predicted molar refractivity (Wildman–Crippen MR) is 113 cm³/mol. The molecule has 0 atom stereocenters. The van der Waals surface area contributed by atoms with E-state index < -0.39 is 12.1 Å². The zero-order chi connectivity index (χ0) is 21.6. The number of ether oxygens (including phenoxy) is 1. The topological polar surface area (TPSA) is 38.3 Å². The van der Waals surface area contributed by atoms with Crippen molar-refractivity contribution in [2.75, 3.05) is 5.32 Å². The number of rotatable bonds is 7. The van der Waals surface area contributed by atoms with Crippen molar-refractivity contribution < 1.29 is 22.7 Å². The van der Waals surface area contributed by atoms with Crippen molar-refractivity contribution >= 4 is 27.5 Å². The van der Waals surface area contributed by atoms with Gasteiger partial charge in [0.1, 0.15) is 12.4 Å². The number of halogens is 4. The van der Waals surface area contributed by atoms with Gasteiger partial charge >= 0.3 is 12.1 Å². The molecular formula is C23H19BrF3NO2. The van der Waals surface area contributed by atoms with E-state index in [1.165, 1.54) is 12.1 Å². The van der Waals surface area contributed by atoms with E-state index in [1.54, 1.807) is 12.1 Å². The summed E-state index contributed by atoms with van der Waals surface area (Å²) in [6.45, 7) is 0.479. The molecular weight excluding hydrogens is 459 g/mol. The van der Waals surface area contributed by atoms with Crippen LogP contribution < -0.4 is 10.1 Å². The van der Waals surface area contributed by atoms with Crippen LogP contribution in [0.1, 0.15) is 16.7 Å². The summed E-state index contributed by atoms with van der Waals surface area (Å²) in [6.07, 6.45) is -3.50. The first-order valence-electron chi connectivity index (χ1n) is 9.23. The Morgan fingerprint density at radius 2 is 1.60 bits per heavy atom. The van der Waals surface area contributed by atoms with E-state index in [2.05, 4.69) is 15.9 Å². The summed E-state index contributed by atoms with van der Waals surface area (Å²) in [5.41, 5.74) is 3.20. The number of nitrogens with one attached hydrogen (secondary N) is 1. The van der Waals surface area contributed by atoms with Crippen LogP contribution in [-0.2, 0) is 24.2 Å². The second-order valence-electron chi connectivity index (χ2n) is 6.68. The Balaban J connectivity index is 1.58. The van der Waals surface area contributed by atoms with Crippen molar-refractivity contribution in [3.8, 4) is 5.75 Å². The Labute approximate surface area is 181 Å². The van der Waals surface area contributed by atoms with Crippen LogP contribution in [0, 0.1) is 0 Å². The fraction of sp³-hybridized carbons (Fsp3) is 0.174. The first kappa shape index (κ1) is 21.9. The molecule has 0 radical (unpaired) electrons. The fourth-order valence-electron chi connectivity index (χ4n) is 2.81. The van der Waals surface area contributed by atoms with Gasteiger partial charge in [-0.3, -0.25) is 4.79 Å². The van der Waals surface area contributed by atoms with Crippen LogP contribution in [0.25, 0.3) is 0 Å². The zero-order valence-corrected chi connectivity index (χ0v) is 17.5. The lowest BCUT2D eigenvalue weighted by Crippen LogP contribution is -2.29. The van der Waals surface area contributed by atoms with Crippen molar-refractivity contribution in [2.45, 2.75) is 25.6 Å². The molecule has 0 aliphatic rings. The lowest BCUT2D eigenvalue weighted by molar-refractivity contribution is -0.167. The number of carbonyl (C=O) groups is 1. The molecule has 0 saturated carbocycles. The molecule has 1 amide bonds. The summed E-state index contributed by atoms with van der Waals surface area (Å²) < 4.78 is 43.8. The summed E-state index contributed by atoms with van der Waals surface area (Å²) in [7, 11) is 0. The third-order valence-corrected chi connectivity index (χ3v) is 5.19. The standard InChI is InChI=1S/C23H19BrF3NO2/c24-21-13-12-20(30-15-17-4-2-1-3-5-17)14-18(21)9-6-16-7-10-19(11-8-16)28-22(29)23(25,26)27/h1-5,7-8,10-14H,6,9,15H2,(H,28,29). The Morgan fingerprint density at radius 1 is 0.900 bits per heavy atom. The molecule has 3 nitrogen and oxygen atoms in total. The molecule has 0 fully saturated rings. The first-order chi connectivity index (χ1) is 14.3. The average molecular weight is 478 g/mol. The van der Waals surface area contributed by atoms with Gasteiger partial charge in [-0.2, -0.15) is 13.2 Å². The first-order valence-corrected chi connectivity index (χ1v) is 10.0. The highest BCUT2D eigenvalue weighted by molar-refractivity contribution is 9.10. The van der Waals surface area contributed by atoms with Crippen molar-refractivity contribution in [1.29, 1.82) is 0 Å². The van der Waals surface area contributed by atoms with Gasteiger partial charge < -0.3 is 10.1 Å². The maximum atomic E-state index is 12.3. The van der Waals surface area contributed by atoms with Crippen LogP contribution in [0.3, 0.4) is 0 Å². The number of anilines is 1. The molecule has 1 N–H and O–H groups in total. The highest BCUT2D eigenvalue weighted by atomic mass is 79.9. The van der Waals surface area contributed by atoms with E-state index in [-0.39, 0.29) is 5.69 Å². The molecule has 0 saturated heterocycles. The third-order valence-electron chi connectivity index (χ3n) is 4.42. The monoisotopic (exact) mass is 477 g/mol. The van der Waals surface area contributed by atoms with Gasteiger partial charge in [-0.1, -0.05) is 58.4 Å². The summed E-state index contributed by atoms with van der Waals surface area (Å²) in [5, 5.41) is 1.84. The predicted octanol–water partition coefficient (Wildman–Crippen LogP) is 6.31. The van der Waals surface area contributed by atoms with Crippen LogP contribution in [-0.4, -0.2) is 12.1 Å². The number of carbonyl (C=O) groups excluding carboxylic acids is 1. The Hall–Kier alpha value is -2.80. The Morgan fingerprint density at radius 3 is 2.27 bits per heavy atom. The normalized spacial score (nSPS) is 11.2. The molecule has 0 aliphatic carbocycles.